The number of thiophene rings is 1. The molecule has 2 heterocycles. The second-order valence-corrected chi connectivity index (χ2v) is 6.93. The highest BCUT2D eigenvalue weighted by Crippen LogP contribution is 2.39. The fourth-order valence-corrected chi connectivity index (χ4v) is 3.52. The minimum atomic E-state index is -0.120. The van der Waals surface area contributed by atoms with Crippen LogP contribution in [-0.2, 0) is 0 Å². The molecule has 24 heavy (non-hydrogen) atoms. The molecule has 3 rings (SSSR count). The van der Waals surface area contributed by atoms with Gasteiger partial charge in [0.05, 0.1) is 6.04 Å². The lowest BCUT2D eigenvalue weighted by atomic mass is 10.0. The van der Waals surface area contributed by atoms with E-state index in [4.69, 9.17) is 9.47 Å². The number of aryl methyl sites for hydroxylation is 1. The van der Waals surface area contributed by atoms with E-state index in [1.54, 1.807) is 0 Å². The van der Waals surface area contributed by atoms with Crippen LogP contribution in [0.1, 0.15) is 26.8 Å². The second kappa shape index (κ2) is 7.23. The van der Waals surface area contributed by atoms with Crippen molar-refractivity contribution in [3.8, 4) is 11.5 Å². The van der Waals surface area contributed by atoms with Gasteiger partial charge in [-0.1, -0.05) is 29.8 Å². The molecule has 1 aromatic carbocycles. The number of carbonyl (C=O) groups excluding carboxylic acids is 1. The third-order valence-corrected chi connectivity index (χ3v) is 4.99. The Morgan fingerprint density at radius 1 is 1.25 bits per heavy atom. The summed E-state index contributed by atoms with van der Waals surface area (Å²) < 4.78 is 11.1. The van der Waals surface area contributed by atoms with Crippen LogP contribution < -0.4 is 14.8 Å². The molecule has 0 radical (unpaired) electrons. The maximum Gasteiger partial charge on any atom is 0.265 e. The fourth-order valence-electron chi connectivity index (χ4n) is 2.68. The van der Waals surface area contributed by atoms with Crippen molar-refractivity contribution in [3.05, 3.63) is 45.6 Å². The number of likely N-dealkylation sites (N-methyl/N-ethyl adjacent to an activating group) is 1. The molecule has 1 aliphatic heterocycles. The van der Waals surface area contributed by atoms with Crippen molar-refractivity contribution in [2.45, 2.75) is 13.0 Å². The van der Waals surface area contributed by atoms with Gasteiger partial charge in [-0.2, -0.15) is 0 Å². The van der Waals surface area contributed by atoms with Gasteiger partial charge in [0, 0.05) is 11.9 Å². The van der Waals surface area contributed by atoms with Crippen LogP contribution in [0.2, 0.25) is 0 Å². The highest BCUT2D eigenvalue weighted by Gasteiger charge is 2.24. The Kier molecular flexibility index (Phi) is 5.06. The Bertz CT molecular complexity index is 710. The maximum atomic E-state index is 12.5. The Balaban J connectivity index is 1.69. The van der Waals surface area contributed by atoms with Crippen LogP contribution >= 0.6 is 11.3 Å². The number of ether oxygens (including phenoxy) is 2. The summed E-state index contributed by atoms with van der Waals surface area (Å²) in [7, 11) is 4.03. The van der Waals surface area contributed by atoms with Gasteiger partial charge in [-0.3, -0.25) is 4.79 Å². The number of fused-ring (bicyclic) bond motifs is 1. The first-order chi connectivity index (χ1) is 11.6. The summed E-state index contributed by atoms with van der Waals surface area (Å²) >= 11 is 1.36. The smallest absolute Gasteiger partial charge is 0.265 e. The van der Waals surface area contributed by atoms with Crippen LogP contribution in [0.4, 0.5) is 0 Å². The molecular weight excluding hydrogens is 324 g/mol. The lowest BCUT2D eigenvalue weighted by Crippen LogP contribution is -2.34. The van der Waals surface area contributed by atoms with Gasteiger partial charge >= 0.3 is 0 Å². The zero-order valence-electron chi connectivity index (χ0n) is 14.2. The fraction of sp³-hybridized carbons (Fsp3) is 0.389. The van der Waals surface area contributed by atoms with Crippen LogP contribution in [0.25, 0.3) is 0 Å². The van der Waals surface area contributed by atoms with Gasteiger partial charge < -0.3 is 19.7 Å². The average molecular weight is 346 g/mol. The van der Waals surface area contributed by atoms with E-state index in [1.807, 2.05) is 19.5 Å². The molecule has 0 fully saturated rings. The molecule has 0 saturated carbocycles. The topological polar surface area (TPSA) is 50.8 Å². The van der Waals surface area contributed by atoms with Crippen LogP contribution in [-0.4, -0.2) is 44.7 Å². The minimum Gasteiger partial charge on any atom is -0.485 e. The molecule has 0 bridgehead atoms. The Hall–Kier alpha value is -2.05. The minimum absolute atomic E-state index is 0.113. The molecule has 6 heteroatoms. The summed E-state index contributed by atoms with van der Waals surface area (Å²) in [6, 6.07) is 8.51. The van der Waals surface area contributed by atoms with Gasteiger partial charge in [-0.05, 0) is 26.6 Å². The maximum absolute atomic E-state index is 12.5. The van der Waals surface area contributed by atoms with Gasteiger partial charge in [0.25, 0.3) is 5.91 Å². The molecule has 1 N–H and O–H groups in total. The highest BCUT2D eigenvalue weighted by molar-refractivity contribution is 7.12. The monoisotopic (exact) mass is 346 g/mol. The molecule has 5 nitrogen and oxygen atoms in total. The van der Waals surface area contributed by atoms with Crippen molar-refractivity contribution in [2.24, 2.45) is 0 Å². The van der Waals surface area contributed by atoms with Gasteiger partial charge in [0.15, 0.2) is 11.5 Å². The van der Waals surface area contributed by atoms with Crippen molar-refractivity contribution >= 4 is 17.2 Å². The molecule has 1 amide bonds. The zero-order chi connectivity index (χ0) is 17.1. The third-order valence-electron chi connectivity index (χ3n) is 4.05. The predicted molar refractivity (Wildman–Crippen MR) is 95.2 cm³/mol. The molecule has 1 unspecified atom stereocenters. The Morgan fingerprint density at radius 3 is 2.67 bits per heavy atom. The van der Waals surface area contributed by atoms with E-state index in [9.17, 15) is 4.79 Å². The standard InChI is InChI=1S/C18H22N2O3S/c1-12-4-6-13(7-5-12)14(20(2)3)10-19-18(21)17-16-15(11-24-17)22-8-9-23-16/h4-7,11,14H,8-10H2,1-3H3,(H,19,21). The van der Waals surface area contributed by atoms with Crippen LogP contribution in [0.5, 0.6) is 11.5 Å². The summed E-state index contributed by atoms with van der Waals surface area (Å²) in [4.78, 5) is 15.2. The van der Waals surface area contributed by atoms with Gasteiger partial charge in [0.2, 0.25) is 0 Å². The molecule has 1 atom stereocenters. The quantitative estimate of drug-likeness (QED) is 0.904. The molecule has 0 spiro atoms. The lowest BCUT2D eigenvalue weighted by Gasteiger charge is -2.25. The molecule has 0 aliphatic carbocycles. The number of hydrogen-bond acceptors (Lipinski definition) is 5. The van der Waals surface area contributed by atoms with E-state index in [2.05, 4.69) is 41.4 Å². The second-order valence-electron chi connectivity index (χ2n) is 6.06. The first-order valence-corrected chi connectivity index (χ1v) is 8.82. The van der Waals surface area contributed by atoms with Crippen LogP contribution in [0.15, 0.2) is 29.6 Å². The van der Waals surface area contributed by atoms with E-state index in [0.717, 1.165) is 0 Å². The summed E-state index contributed by atoms with van der Waals surface area (Å²) in [5, 5.41) is 4.85. The number of rotatable bonds is 5. The number of nitrogens with one attached hydrogen (secondary N) is 1. The van der Waals surface area contributed by atoms with E-state index in [0.29, 0.717) is 36.1 Å². The third kappa shape index (κ3) is 3.55. The number of benzene rings is 1. The zero-order valence-corrected chi connectivity index (χ0v) is 15.0. The number of hydrogen-bond donors (Lipinski definition) is 1. The summed E-state index contributed by atoms with van der Waals surface area (Å²) in [6.07, 6.45) is 0. The first kappa shape index (κ1) is 16.8. The first-order valence-electron chi connectivity index (χ1n) is 7.94. The summed E-state index contributed by atoms with van der Waals surface area (Å²) in [5.41, 5.74) is 2.40. The van der Waals surface area contributed by atoms with Gasteiger partial charge in [0.1, 0.15) is 18.1 Å². The lowest BCUT2D eigenvalue weighted by molar-refractivity contribution is 0.0937. The van der Waals surface area contributed by atoms with E-state index < -0.39 is 0 Å². The Labute approximate surface area is 146 Å². The SMILES string of the molecule is Cc1ccc(C(CNC(=O)c2scc3c2OCCO3)N(C)C)cc1. The van der Waals surface area contributed by atoms with Crippen LogP contribution in [0.3, 0.4) is 0 Å². The molecular formula is C18H22N2O3S. The van der Waals surface area contributed by atoms with E-state index in [-0.39, 0.29) is 11.9 Å². The molecule has 2 aromatic rings. The summed E-state index contributed by atoms with van der Waals surface area (Å²) in [6.45, 7) is 3.61. The van der Waals surface area contributed by atoms with Gasteiger partial charge in [-0.25, -0.2) is 0 Å². The van der Waals surface area contributed by atoms with Crippen molar-refractivity contribution in [3.63, 3.8) is 0 Å². The van der Waals surface area contributed by atoms with Crippen molar-refractivity contribution < 1.29 is 14.3 Å². The van der Waals surface area contributed by atoms with Crippen molar-refractivity contribution in [1.29, 1.82) is 0 Å². The Morgan fingerprint density at radius 2 is 1.96 bits per heavy atom. The van der Waals surface area contributed by atoms with Crippen molar-refractivity contribution in [1.82, 2.24) is 10.2 Å². The number of nitrogens with zero attached hydrogens (tertiary/aromatic N) is 1. The average Bonchev–Trinajstić information content (AvgIpc) is 3.00. The summed E-state index contributed by atoms with van der Waals surface area (Å²) in [5.74, 6) is 1.12. The highest BCUT2D eigenvalue weighted by atomic mass is 32.1. The molecule has 1 aliphatic rings. The van der Waals surface area contributed by atoms with Crippen molar-refractivity contribution in [2.75, 3.05) is 33.9 Å². The normalized spacial score (nSPS) is 14.5. The van der Waals surface area contributed by atoms with E-state index >= 15 is 0 Å². The molecule has 1 aromatic heterocycles. The number of amides is 1. The van der Waals surface area contributed by atoms with E-state index in [1.165, 1.54) is 22.5 Å². The largest absolute Gasteiger partial charge is 0.485 e. The van der Waals surface area contributed by atoms with Gasteiger partial charge in [-0.15, -0.1) is 11.3 Å². The van der Waals surface area contributed by atoms with Crippen LogP contribution in [0, 0.1) is 6.92 Å². The molecule has 128 valence electrons. The number of carbonyl (C=O) groups is 1. The molecule has 0 saturated heterocycles. The predicted octanol–water partition coefficient (Wildman–Crippen LogP) is 2.86.